The molecule has 1 N–H and O–H groups in total. The van der Waals surface area contributed by atoms with E-state index in [0.717, 1.165) is 46.0 Å². The molecule has 1 amide bonds. The molecule has 0 aliphatic carbocycles. The van der Waals surface area contributed by atoms with Gasteiger partial charge < -0.3 is 14.5 Å². The Labute approximate surface area is 171 Å². The summed E-state index contributed by atoms with van der Waals surface area (Å²) in [6.45, 7) is 3.88. The highest BCUT2D eigenvalue weighted by Gasteiger charge is 2.24. The molecule has 0 atom stereocenters. The third-order valence-corrected chi connectivity index (χ3v) is 5.52. The van der Waals surface area contributed by atoms with Crippen molar-refractivity contribution < 1.29 is 4.79 Å². The first-order valence-corrected chi connectivity index (χ1v) is 9.75. The van der Waals surface area contributed by atoms with Crippen LogP contribution in [0.25, 0.3) is 27.9 Å². The van der Waals surface area contributed by atoms with Crippen LogP contribution in [0.2, 0.25) is 0 Å². The Hall–Kier alpha value is -4.01. The van der Waals surface area contributed by atoms with Gasteiger partial charge in [0.25, 0.3) is 5.91 Å². The summed E-state index contributed by atoms with van der Waals surface area (Å²) in [4.78, 5) is 31.4. The number of aromatic amines is 1. The van der Waals surface area contributed by atoms with Gasteiger partial charge in [-0.25, -0.2) is 19.5 Å². The smallest absolute Gasteiger partial charge is 0.255 e. The SMILES string of the molecule is Cc1cn2c(n1)CN(C(=O)c1cnc3[nH]cc(-c4ccc5nccn5n4)c3c1)CC2. The first kappa shape index (κ1) is 16.9. The molecular weight excluding hydrogens is 380 g/mol. The first-order chi connectivity index (χ1) is 14.7. The van der Waals surface area contributed by atoms with E-state index in [1.165, 1.54) is 0 Å². The van der Waals surface area contributed by atoms with E-state index in [9.17, 15) is 4.79 Å². The van der Waals surface area contributed by atoms with Crippen molar-refractivity contribution in [3.05, 3.63) is 66.3 Å². The van der Waals surface area contributed by atoms with E-state index < -0.39 is 0 Å². The van der Waals surface area contributed by atoms with Gasteiger partial charge in [-0.1, -0.05) is 0 Å². The number of rotatable bonds is 2. The number of carbonyl (C=O) groups is 1. The minimum atomic E-state index is -0.0403. The lowest BCUT2D eigenvalue weighted by molar-refractivity contribution is 0.0707. The van der Waals surface area contributed by atoms with Gasteiger partial charge in [0, 0.05) is 55.0 Å². The van der Waals surface area contributed by atoms with Crippen LogP contribution in [-0.2, 0) is 13.1 Å². The van der Waals surface area contributed by atoms with Crippen molar-refractivity contribution in [2.75, 3.05) is 6.54 Å². The van der Waals surface area contributed by atoms with Crippen molar-refractivity contribution in [2.24, 2.45) is 0 Å². The molecule has 1 aliphatic heterocycles. The molecular formula is C21H18N8O. The summed E-state index contributed by atoms with van der Waals surface area (Å²) >= 11 is 0. The number of aryl methyl sites for hydroxylation is 1. The molecule has 30 heavy (non-hydrogen) atoms. The average molecular weight is 398 g/mol. The van der Waals surface area contributed by atoms with Crippen molar-refractivity contribution in [1.82, 2.24) is 39.0 Å². The van der Waals surface area contributed by atoms with E-state index in [2.05, 4.69) is 29.6 Å². The number of imidazole rings is 2. The molecule has 9 heteroatoms. The molecule has 0 saturated heterocycles. The monoisotopic (exact) mass is 398 g/mol. The molecule has 0 fully saturated rings. The third-order valence-electron chi connectivity index (χ3n) is 5.52. The van der Waals surface area contributed by atoms with Crippen LogP contribution in [0.1, 0.15) is 21.9 Å². The van der Waals surface area contributed by atoms with Crippen molar-refractivity contribution >= 4 is 22.6 Å². The molecule has 5 aromatic heterocycles. The van der Waals surface area contributed by atoms with E-state index >= 15 is 0 Å². The lowest BCUT2D eigenvalue weighted by atomic mass is 10.1. The summed E-state index contributed by atoms with van der Waals surface area (Å²) in [5.74, 6) is 0.878. The fourth-order valence-electron chi connectivity index (χ4n) is 4.04. The maximum atomic E-state index is 13.2. The first-order valence-electron chi connectivity index (χ1n) is 9.75. The standard InChI is InChI=1S/C21H18N8O/c1-13-11-27-6-7-28(12-19(27)25-13)21(30)14-8-15-16(10-24-20(15)23-9-14)17-2-3-18-22-4-5-29(18)26-17/h2-5,8-11H,6-7,12H2,1H3,(H,23,24). The van der Waals surface area contributed by atoms with Crippen LogP contribution in [0.15, 0.2) is 49.2 Å². The molecule has 0 radical (unpaired) electrons. The number of carbonyl (C=O) groups excluding carboxylic acids is 1. The summed E-state index contributed by atoms with van der Waals surface area (Å²) < 4.78 is 3.84. The maximum Gasteiger partial charge on any atom is 0.255 e. The lowest BCUT2D eigenvalue weighted by Gasteiger charge is -2.27. The van der Waals surface area contributed by atoms with Crippen molar-refractivity contribution in [3.8, 4) is 11.3 Å². The molecule has 148 valence electrons. The number of hydrogen-bond acceptors (Lipinski definition) is 5. The van der Waals surface area contributed by atoms with Crippen LogP contribution >= 0.6 is 0 Å². The average Bonchev–Trinajstić information content (AvgIpc) is 3.48. The van der Waals surface area contributed by atoms with Gasteiger partial charge in [-0.05, 0) is 25.1 Å². The van der Waals surface area contributed by atoms with Gasteiger partial charge >= 0.3 is 0 Å². The molecule has 0 unspecified atom stereocenters. The van der Waals surface area contributed by atoms with Gasteiger partial charge in [0.1, 0.15) is 11.5 Å². The van der Waals surface area contributed by atoms with Gasteiger partial charge in [0.2, 0.25) is 0 Å². The normalized spacial score (nSPS) is 13.8. The zero-order valence-electron chi connectivity index (χ0n) is 16.3. The summed E-state index contributed by atoms with van der Waals surface area (Å²) in [5.41, 5.74) is 4.72. The predicted octanol–water partition coefficient (Wildman–Crippen LogP) is 2.43. The fourth-order valence-corrected chi connectivity index (χ4v) is 4.04. The van der Waals surface area contributed by atoms with Gasteiger partial charge in [-0.3, -0.25) is 4.79 Å². The van der Waals surface area contributed by atoms with Gasteiger partial charge in [0.05, 0.1) is 23.5 Å². The molecule has 0 aromatic carbocycles. The van der Waals surface area contributed by atoms with Crippen LogP contribution in [-0.4, -0.2) is 51.5 Å². The number of aromatic nitrogens is 7. The molecule has 6 rings (SSSR count). The summed E-state index contributed by atoms with van der Waals surface area (Å²) in [6, 6.07) is 5.73. The van der Waals surface area contributed by atoms with Crippen LogP contribution < -0.4 is 0 Å². The van der Waals surface area contributed by atoms with Gasteiger partial charge in [0.15, 0.2) is 5.65 Å². The number of H-pyrrole nitrogens is 1. The fraction of sp³-hybridized carbons (Fsp3) is 0.190. The second kappa shape index (κ2) is 6.24. The molecule has 9 nitrogen and oxygen atoms in total. The predicted molar refractivity (Wildman–Crippen MR) is 110 cm³/mol. The Bertz CT molecular complexity index is 1430. The van der Waals surface area contributed by atoms with Crippen LogP contribution in [0.3, 0.4) is 0 Å². The van der Waals surface area contributed by atoms with E-state index in [0.29, 0.717) is 18.7 Å². The maximum absolute atomic E-state index is 13.2. The zero-order chi connectivity index (χ0) is 20.2. The second-order valence-electron chi connectivity index (χ2n) is 7.49. The second-order valence-corrected chi connectivity index (χ2v) is 7.49. The summed E-state index contributed by atoms with van der Waals surface area (Å²) in [5, 5.41) is 5.48. The Balaban J connectivity index is 1.37. The van der Waals surface area contributed by atoms with E-state index in [1.807, 2.05) is 48.6 Å². The Morgan fingerprint density at radius 1 is 1.20 bits per heavy atom. The molecule has 0 bridgehead atoms. The zero-order valence-corrected chi connectivity index (χ0v) is 16.3. The van der Waals surface area contributed by atoms with Gasteiger partial charge in [-0.2, -0.15) is 5.10 Å². The Morgan fingerprint density at radius 2 is 2.13 bits per heavy atom. The number of hydrogen-bond donors (Lipinski definition) is 1. The minimum Gasteiger partial charge on any atom is -0.345 e. The van der Waals surface area contributed by atoms with Crippen molar-refractivity contribution in [1.29, 1.82) is 0 Å². The molecule has 0 saturated carbocycles. The number of nitrogens with zero attached hydrogens (tertiary/aromatic N) is 7. The Kier molecular flexibility index (Phi) is 3.52. The van der Waals surface area contributed by atoms with Gasteiger partial charge in [-0.15, -0.1) is 0 Å². The number of fused-ring (bicyclic) bond motifs is 3. The van der Waals surface area contributed by atoms with Crippen molar-refractivity contribution in [2.45, 2.75) is 20.0 Å². The Morgan fingerprint density at radius 3 is 3.07 bits per heavy atom. The van der Waals surface area contributed by atoms with E-state index in [4.69, 9.17) is 0 Å². The van der Waals surface area contributed by atoms with Crippen LogP contribution in [0.5, 0.6) is 0 Å². The lowest BCUT2D eigenvalue weighted by Crippen LogP contribution is -2.38. The van der Waals surface area contributed by atoms with Crippen LogP contribution in [0.4, 0.5) is 0 Å². The topological polar surface area (TPSA) is 97.0 Å². The number of nitrogens with one attached hydrogen (secondary N) is 1. The van der Waals surface area contributed by atoms with E-state index in [-0.39, 0.29) is 5.91 Å². The summed E-state index contributed by atoms with van der Waals surface area (Å²) in [6.07, 6.45) is 9.05. The van der Waals surface area contributed by atoms with Crippen molar-refractivity contribution in [3.63, 3.8) is 0 Å². The quantitative estimate of drug-likeness (QED) is 0.493. The largest absolute Gasteiger partial charge is 0.345 e. The number of amides is 1. The highest BCUT2D eigenvalue weighted by atomic mass is 16.2. The van der Waals surface area contributed by atoms with Crippen LogP contribution in [0, 0.1) is 6.92 Å². The molecule has 6 heterocycles. The van der Waals surface area contributed by atoms with E-state index in [1.54, 1.807) is 16.9 Å². The molecule has 1 aliphatic rings. The summed E-state index contributed by atoms with van der Waals surface area (Å²) in [7, 11) is 0. The minimum absolute atomic E-state index is 0.0403. The third kappa shape index (κ3) is 2.59. The molecule has 5 aromatic rings. The number of pyridine rings is 1. The highest BCUT2D eigenvalue weighted by molar-refractivity contribution is 6.00. The molecule has 0 spiro atoms. The highest BCUT2D eigenvalue weighted by Crippen LogP contribution is 2.27.